The monoisotopic (exact) mass is 257 g/mol. The van der Waals surface area contributed by atoms with Gasteiger partial charge >= 0.3 is 0 Å². The second-order valence-electron chi connectivity index (χ2n) is 5.85. The summed E-state index contributed by atoms with van der Waals surface area (Å²) in [6.07, 6.45) is 2.27. The lowest BCUT2D eigenvalue weighted by atomic mass is 10.1. The summed E-state index contributed by atoms with van der Waals surface area (Å²) in [4.78, 5) is 4.50. The van der Waals surface area contributed by atoms with Gasteiger partial charge in [-0.2, -0.15) is 0 Å². The number of hydrogen-bond acceptors (Lipinski definition) is 2. The van der Waals surface area contributed by atoms with E-state index in [2.05, 4.69) is 68.3 Å². The van der Waals surface area contributed by atoms with E-state index < -0.39 is 0 Å². The Morgan fingerprint density at radius 3 is 2.32 bits per heavy atom. The fourth-order valence-corrected chi connectivity index (χ4v) is 2.51. The zero-order valence-electron chi connectivity index (χ0n) is 12.6. The van der Waals surface area contributed by atoms with Gasteiger partial charge in [-0.1, -0.05) is 5.39 Å². The molecule has 0 radical (unpaired) electrons. The smallest absolute Gasteiger partial charge is 0.000323 e. The van der Waals surface area contributed by atoms with Crippen LogP contribution in [0.1, 0.15) is 11.1 Å². The molecule has 2 aromatic carbocycles. The van der Waals surface area contributed by atoms with Crippen molar-refractivity contribution >= 4 is 10.8 Å². The molecule has 0 aliphatic heterocycles. The maximum Gasteiger partial charge on any atom is 0.000323 e. The summed E-state index contributed by atoms with van der Waals surface area (Å²) >= 11 is 0. The second-order valence-corrected chi connectivity index (χ2v) is 5.85. The summed E-state index contributed by atoms with van der Waals surface area (Å²) in [7, 11) is 8.55. The molecule has 0 aliphatic carbocycles. The first-order valence-electron chi connectivity index (χ1n) is 7.03. The Balaban J connectivity index is 2.26. The van der Waals surface area contributed by atoms with E-state index in [-0.39, 0.29) is 0 Å². The van der Waals surface area contributed by atoms with Crippen molar-refractivity contribution in [3.8, 4) is 0 Å². The molecule has 0 heterocycles. The lowest BCUT2D eigenvalue weighted by Gasteiger charge is -2.11. The van der Waals surface area contributed by atoms with E-state index in [9.17, 15) is 0 Å². The molecule has 0 bridgehead atoms. The van der Waals surface area contributed by atoms with E-state index in [1.165, 1.54) is 21.9 Å². The SMILES string of the molecule is CN(C)CCc1cc(CCN(C)C)[c-]2ccccc12. The lowest BCUT2D eigenvalue weighted by molar-refractivity contribution is 0.412. The molecule has 2 heteroatoms. The second kappa shape index (κ2) is 6.27. The van der Waals surface area contributed by atoms with Crippen molar-refractivity contribution in [1.82, 2.24) is 9.80 Å². The van der Waals surface area contributed by atoms with Gasteiger partial charge in [-0.15, -0.1) is 46.8 Å². The zero-order chi connectivity index (χ0) is 13.8. The number of fused-ring (bicyclic) bond motifs is 1. The Hall–Kier alpha value is -1.25. The number of benzene rings is 1. The number of hydrogen-bond donors (Lipinski definition) is 0. The standard InChI is InChI=1S/C17H25N2/c1-18(2)11-9-14-13-15(10-12-19(3)4)17-8-6-5-7-16(14)17/h5-8,13H,9-12H2,1-4H3/q-1. The van der Waals surface area contributed by atoms with Crippen molar-refractivity contribution in [2.45, 2.75) is 12.8 Å². The molecule has 0 amide bonds. The van der Waals surface area contributed by atoms with Crippen molar-refractivity contribution in [2.75, 3.05) is 41.3 Å². The molecular weight excluding hydrogens is 232 g/mol. The maximum atomic E-state index is 2.41. The summed E-state index contributed by atoms with van der Waals surface area (Å²) in [5.74, 6) is 0. The molecule has 104 valence electrons. The highest BCUT2D eigenvalue weighted by atomic mass is 15.0. The van der Waals surface area contributed by atoms with Gasteiger partial charge in [0, 0.05) is 6.54 Å². The Kier molecular flexibility index (Phi) is 4.67. The van der Waals surface area contributed by atoms with Crippen molar-refractivity contribution in [3.05, 3.63) is 41.5 Å². The zero-order valence-corrected chi connectivity index (χ0v) is 12.6. The highest BCUT2D eigenvalue weighted by molar-refractivity contribution is 5.91. The van der Waals surface area contributed by atoms with Crippen LogP contribution in [0.3, 0.4) is 0 Å². The van der Waals surface area contributed by atoms with Crippen LogP contribution in [0.4, 0.5) is 0 Å². The predicted molar refractivity (Wildman–Crippen MR) is 84.1 cm³/mol. The molecule has 0 saturated carbocycles. The van der Waals surface area contributed by atoms with Crippen LogP contribution >= 0.6 is 0 Å². The van der Waals surface area contributed by atoms with Crippen LogP contribution in [0.15, 0.2) is 30.3 Å². The van der Waals surface area contributed by atoms with E-state index >= 15 is 0 Å². The number of rotatable bonds is 6. The third kappa shape index (κ3) is 3.62. The van der Waals surface area contributed by atoms with E-state index in [0.717, 1.165) is 25.9 Å². The minimum absolute atomic E-state index is 1.11. The van der Waals surface area contributed by atoms with Crippen LogP contribution in [0.2, 0.25) is 0 Å². The summed E-state index contributed by atoms with van der Waals surface area (Å²) in [6.45, 7) is 2.22. The largest absolute Gasteiger partial charge is 0.310 e. The van der Waals surface area contributed by atoms with Crippen LogP contribution in [-0.2, 0) is 12.8 Å². The van der Waals surface area contributed by atoms with Crippen LogP contribution in [0, 0.1) is 0 Å². The molecule has 2 aromatic rings. The molecule has 0 unspecified atom stereocenters. The fourth-order valence-electron chi connectivity index (χ4n) is 2.51. The highest BCUT2D eigenvalue weighted by Crippen LogP contribution is 2.27. The number of likely N-dealkylation sites (N-methyl/N-ethyl adjacent to an activating group) is 2. The van der Waals surface area contributed by atoms with Gasteiger partial charge in [0.25, 0.3) is 0 Å². The van der Waals surface area contributed by atoms with Crippen molar-refractivity contribution in [1.29, 1.82) is 0 Å². The molecule has 0 saturated heterocycles. The lowest BCUT2D eigenvalue weighted by Crippen LogP contribution is -2.15. The summed E-state index contributed by atoms with van der Waals surface area (Å²) in [5, 5.41) is 2.89. The molecule has 0 aliphatic rings. The van der Waals surface area contributed by atoms with Gasteiger partial charge in [-0.25, -0.2) is 0 Å². The van der Waals surface area contributed by atoms with Crippen molar-refractivity contribution in [3.63, 3.8) is 0 Å². The van der Waals surface area contributed by atoms with E-state index in [1.807, 2.05) is 0 Å². The van der Waals surface area contributed by atoms with Crippen LogP contribution in [-0.4, -0.2) is 51.1 Å². The quantitative estimate of drug-likeness (QED) is 0.734. The third-order valence-electron chi connectivity index (χ3n) is 3.62. The van der Waals surface area contributed by atoms with E-state index in [0.29, 0.717) is 0 Å². The molecule has 0 aromatic heterocycles. The topological polar surface area (TPSA) is 6.48 Å². The van der Waals surface area contributed by atoms with Crippen molar-refractivity contribution in [2.24, 2.45) is 0 Å². The Morgan fingerprint density at radius 1 is 0.947 bits per heavy atom. The molecule has 0 N–H and O–H groups in total. The molecular formula is C17H25N2-. The van der Waals surface area contributed by atoms with Crippen LogP contribution in [0.25, 0.3) is 10.8 Å². The highest BCUT2D eigenvalue weighted by Gasteiger charge is 2.03. The summed E-state index contributed by atoms with van der Waals surface area (Å²) < 4.78 is 0. The summed E-state index contributed by atoms with van der Waals surface area (Å²) in [5.41, 5.74) is 3.00. The minimum Gasteiger partial charge on any atom is -0.310 e. The first-order chi connectivity index (χ1) is 9.08. The predicted octanol–water partition coefficient (Wildman–Crippen LogP) is 2.77. The molecule has 0 fully saturated rings. The first kappa shape index (κ1) is 14.2. The third-order valence-corrected chi connectivity index (χ3v) is 3.62. The molecule has 0 spiro atoms. The van der Waals surface area contributed by atoms with E-state index in [1.54, 1.807) is 0 Å². The van der Waals surface area contributed by atoms with Crippen LogP contribution in [0.5, 0.6) is 0 Å². The average molecular weight is 257 g/mol. The molecule has 2 rings (SSSR count). The van der Waals surface area contributed by atoms with Crippen LogP contribution < -0.4 is 0 Å². The first-order valence-corrected chi connectivity index (χ1v) is 7.03. The fraction of sp³-hybridized carbons (Fsp3) is 0.471. The minimum atomic E-state index is 1.11. The van der Waals surface area contributed by atoms with Crippen molar-refractivity contribution < 1.29 is 0 Å². The van der Waals surface area contributed by atoms with Gasteiger partial charge in [0.15, 0.2) is 0 Å². The average Bonchev–Trinajstić information content (AvgIpc) is 2.72. The van der Waals surface area contributed by atoms with Gasteiger partial charge < -0.3 is 9.80 Å². The van der Waals surface area contributed by atoms with E-state index in [4.69, 9.17) is 0 Å². The summed E-state index contributed by atoms with van der Waals surface area (Å²) in [6, 6.07) is 11.2. The Bertz CT molecular complexity index is 477. The normalized spacial score (nSPS) is 11.9. The molecule has 0 atom stereocenters. The Labute approximate surface area is 117 Å². The molecule has 2 nitrogen and oxygen atoms in total. The number of nitrogens with zero attached hydrogens (tertiary/aromatic N) is 2. The Morgan fingerprint density at radius 2 is 1.63 bits per heavy atom. The molecule has 19 heavy (non-hydrogen) atoms. The maximum absolute atomic E-state index is 2.41. The van der Waals surface area contributed by atoms with Gasteiger partial charge in [-0.3, -0.25) is 0 Å². The van der Waals surface area contributed by atoms with Gasteiger partial charge in [0.2, 0.25) is 0 Å². The van der Waals surface area contributed by atoms with Gasteiger partial charge in [0.05, 0.1) is 0 Å². The van der Waals surface area contributed by atoms with Gasteiger partial charge in [0.1, 0.15) is 0 Å². The van der Waals surface area contributed by atoms with Gasteiger partial charge in [-0.05, 0) is 47.6 Å².